The fourth-order valence-corrected chi connectivity index (χ4v) is 3.23. The Hall–Kier alpha value is -0.710. The normalized spacial score (nSPS) is 12.8. The minimum absolute atomic E-state index is 0.331. The molecule has 1 N–H and O–H groups in total. The van der Waals surface area contributed by atoms with E-state index in [1.165, 1.54) is 11.3 Å². The molecule has 90 valence electrons. The van der Waals surface area contributed by atoms with E-state index in [9.17, 15) is 9.50 Å². The molecule has 1 aromatic heterocycles. The lowest BCUT2D eigenvalue weighted by Gasteiger charge is -2.11. The Morgan fingerprint density at radius 2 is 2.00 bits per heavy atom. The molecule has 0 aliphatic heterocycles. The van der Waals surface area contributed by atoms with Crippen LogP contribution in [0.5, 0.6) is 0 Å². The maximum atomic E-state index is 13.9. The summed E-state index contributed by atoms with van der Waals surface area (Å²) >= 11 is 4.84. The van der Waals surface area contributed by atoms with Crippen LogP contribution in [0.2, 0.25) is 0 Å². The average Bonchev–Trinajstić information content (AvgIpc) is 2.62. The van der Waals surface area contributed by atoms with E-state index in [0.29, 0.717) is 11.1 Å². The van der Waals surface area contributed by atoms with Crippen LogP contribution in [0.3, 0.4) is 0 Å². The second kappa shape index (κ2) is 4.88. The molecule has 4 heteroatoms. The highest BCUT2D eigenvalue weighted by atomic mass is 79.9. The van der Waals surface area contributed by atoms with Gasteiger partial charge < -0.3 is 5.11 Å². The van der Waals surface area contributed by atoms with Gasteiger partial charge in [-0.05, 0) is 47.0 Å². The fraction of sp³-hybridized carbons (Fsp3) is 0.231. The number of benzene rings is 1. The van der Waals surface area contributed by atoms with Crippen LogP contribution < -0.4 is 0 Å². The number of hydrogen-bond acceptors (Lipinski definition) is 2. The quantitative estimate of drug-likeness (QED) is 0.873. The molecule has 1 aromatic carbocycles. The molecule has 0 saturated carbocycles. The lowest BCUT2D eigenvalue weighted by atomic mass is 10.0. The van der Waals surface area contributed by atoms with Gasteiger partial charge in [0.2, 0.25) is 0 Å². The van der Waals surface area contributed by atoms with Crippen molar-refractivity contribution in [3.8, 4) is 0 Å². The second-order valence-corrected chi connectivity index (χ2v) is 6.39. The monoisotopic (exact) mass is 314 g/mol. The summed E-state index contributed by atoms with van der Waals surface area (Å²) in [6.07, 6.45) is -0.898. The maximum Gasteiger partial charge on any atom is 0.132 e. The summed E-state index contributed by atoms with van der Waals surface area (Å²) in [5, 5.41) is 10.2. The summed E-state index contributed by atoms with van der Waals surface area (Å²) in [5.74, 6) is -0.331. The summed E-state index contributed by atoms with van der Waals surface area (Å²) in [7, 11) is 0. The molecule has 17 heavy (non-hydrogen) atoms. The largest absolute Gasteiger partial charge is 0.383 e. The van der Waals surface area contributed by atoms with Gasteiger partial charge in [-0.25, -0.2) is 4.39 Å². The van der Waals surface area contributed by atoms with Gasteiger partial charge in [-0.2, -0.15) is 0 Å². The fourth-order valence-electron chi connectivity index (χ4n) is 1.65. The standard InChI is InChI=1S/C13H12BrFOS/c1-7-4-3-5-9(11(7)15)12(16)10-6-8(2)13(14)17-10/h3-6,12,16H,1-2H3. The van der Waals surface area contributed by atoms with Crippen molar-refractivity contribution in [1.82, 2.24) is 0 Å². The van der Waals surface area contributed by atoms with E-state index in [-0.39, 0.29) is 5.82 Å². The van der Waals surface area contributed by atoms with Gasteiger partial charge in [-0.1, -0.05) is 18.2 Å². The van der Waals surface area contributed by atoms with Crippen molar-refractivity contribution in [3.63, 3.8) is 0 Å². The predicted octanol–water partition coefficient (Wildman–Crippen LogP) is 4.35. The molecule has 1 heterocycles. The van der Waals surface area contributed by atoms with E-state index >= 15 is 0 Å². The third kappa shape index (κ3) is 2.44. The van der Waals surface area contributed by atoms with Crippen molar-refractivity contribution in [2.75, 3.05) is 0 Å². The minimum atomic E-state index is -0.898. The number of thiophene rings is 1. The lowest BCUT2D eigenvalue weighted by Crippen LogP contribution is -2.01. The molecule has 0 saturated heterocycles. The van der Waals surface area contributed by atoms with Gasteiger partial charge in [-0.15, -0.1) is 11.3 Å². The zero-order chi connectivity index (χ0) is 12.6. The number of halogens is 2. The summed E-state index contributed by atoms with van der Waals surface area (Å²) < 4.78 is 14.8. The molecule has 1 atom stereocenters. The third-order valence-corrected chi connectivity index (χ3v) is 4.85. The molecule has 0 aliphatic rings. The Kier molecular flexibility index (Phi) is 3.66. The van der Waals surface area contributed by atoms with E-state index in [2.05, 4.69) is 15.9 Å². The van der Waals surface area contributed by atoms with Gasteiger partial charge in [-0.3, -0.25) is 0 Å². The van der Waals surface area contributed by atoms with E-state index in [1.54, 1.807) is 25.1 Å². The SMILES string of the molecule is Cc1cc(C(O)c2cccc(C)c2F)sc1Br. The van der Waals surface area contributed by atoms with Gasteiger partial charge in [0.25, 0.3) is 0 Å². The van der Waals surface area contributed by atoms with Crippen molar-refractivity contribution in [1.29, 1.82) is 0 Å². The predicted molar refractivity (Wildman–Crippen MR) is 72.0 cm³/mol. The lowest BCUT2D eigenvalue weighted by molar-refractivity contribution is 0.218. The molecule has 1 nitrogen and oxygen atoms in total. The number of hydrogen-bond donors (Lipinski definition) is 1. The zero-order valence-corrected chi connectivity index (χ0v) is 11.9. The van der Waals surface area contributed by atoms with Crippen LogP contribution in [0.1, 0.15) is 27.7 Å². The topological polar surface area (TPSA) is 20.2 Å². The molecule has 2 aromatic rings. The van der Waals surface area contributed by atoms with Crippen LogP contribution in [-0.2, 0) is 0 Å². The van der Waals surface area contributed by atoms with Crippen molar-refractivity contribution in [2.45, 2.75) is 20.0 Å². The first-order valence-corrected chi connectivity index (χ1v) is 6.80. The molecule has 0 bridgehead atoms. The van der Waals surface area contributed by atoms with Crippen molar-refractivity contribution in [2.24, 2.45) is 0 Å². The van der Waals surface area contributed by atoms with E-state index < -0.39 is 6.10 Å². The first-order valence-electron chi connectivity index (χ1n) is 5.19. The summed E-state index contributed by atoms with van der Waals surface area (Å²) in [5.41, 5.74) is 1.93. The van der Waals surface area contributed by atoms with E-state index in [4.69, 9.17) is 0 Å². The van der Waals surface area contributed by atoms with Crippen LogP contribution >= 0.6 is 27.3 Å². The van der Waals surface area contributed by atoms with Crippen LogP contribution in [0, 0.1) is 19.7 Å². The Labute approximate surface area is 112 Å². The van der Waals surface area contributed by atoms with E-state index in [1.807, 2.05) is 13.0 Å². The van der Waals surface area contributed by atoms with Crippen LogP contribution in [0.25, 0.3) is 0 Å². The Bertz CT molecular complexity index is 531. The smallest absolute Gasteiger partial charge is 0.132 e. The van der Waals surface area contributed by atoms with Gasteiger partial charge in [0.1, 0.15) is 11.9 Å². The van der Waals surface area contributed by atoms with Crippen LogP contribution in [0.4, 0.5) is 4.39 Å². The molecule has 1 unspecified atom stereocenters. The maximum absolute atomic E-state index is 13.9. The molecular weight excluding hydrogens is 303 g/mol. The van der Waals surface area contributed by atoms with Crippen LogP contribution in [-0.4, -0.2) is 5.11 Å². The number of aliphatic hydroxyl groups excluding tert-OH is 1. The molecular formula is C13H12BrFOS. The number of aryl methyl sites for hydroxylation is 2. The van der Waals surface area contributed by atoms with Crippen molar-refractivity contribution < 1.29 is 9.50 Å². The van der Waals surface area contributed by atoms with E-state index in [0.717, 1.165) is 14.2 Å². The van der Waals surface area contributed by atoms with Gasteiger partial charge >= 0.3 is 0 Å². The molecule has 0 radical (unpaired) electrons. The summed E-state index contributed by atoms with van der Waals surface area (Å²) in [6.45, 7) is 3.64. The second-order valence-electron chi connectivity index (χ2n) is 3.99. The summed E-state index contributed by atoms with van der Waals surface area (Å²) in [6, 6.07) is 6.95. The molecule has 0 fully saturated rings. The molecule has 2 rings (SSSR count). The first kappa shape index (κ1) is 12.7. The third-order valence-electron chi connectivity index (χ3n) is 2.66. The van der Waals surface area contributed by atoms with Gasteiger partial charge in [0.05, 0.1) is 3.79 Å². The first-order chi connectivity index (χ1) is 8.00. The molecule has 0 aliphatic carbocycles. The molecule has 0 amide bonds. The highest BCUT2D eigenvalue weighted by Crippen LogP contribution is 2.35. The molecule has 0 spiro atoms. The summed E-state index contributed by atoms with van der Waals surface area (Å²) in [4.78, 5) is 0.749. The Balaban J connectivity index is 2.43. The number of rotatable bonds is 2. The van der Waals surface area contributed by atoms with Crippen molar-refractivity contribution >= 4 is 27.3 Å². The minimum Gasteiger partial charge on any atom is -0.383 e. The Morgan fingerprint density at radius 3 is 2.59 bits per heavy atom. The average molecular weight is 315 g/mol. The van der Waals surface area contributed by atoms with Gasteiger partial charge in [0, 0.05) is 10.4 Å². The zero-order valence-electron chi connectivity index (χ0n) is 9.50. The number of aliphatic hydroxyl groups is 1. The highest BCUT2D eigenvalue weighted by Gasteiger charge is 2.18. The van der Waals surface area contributed by atoms with Crippen molar-refractivity contribution in [3.05, 3.63) is 55.4 Å². The Morgan fingerprint density at radius 1 is 1.29 bits per heavy atom. The highest BCUT2D eigenvalue weighted by molar-refractivity contribution is 9.11. The van der Waals surface area contributed by atoms with Crippen LogP contribution in [0.15, 0.2) is 28.1 Å². The van der Waals surface area contributed by atoms with Gasteiger partial charge in [0.15, 0.2) is 0 Å².